The molecule has 3 aliphatic rings. The van der Waals surface area contributed by atoms with Crippen molar-refractivity contribution in [2.75, 3.05) is 0 Å². The van der Waals surface area contributed by atoms with Gasteiger partial charge in [0.1, 0.15) is 6.10 Å². The second-order valence-corrected chi connectivity index (χ2v) is 11.8. The van der Waals surface area contributed by atoms with E-state index < -0.39 is 0 Å². The molecule has 0 heterocycles. The first-order chi connectivity index (χ1) is 16.1. The second-order valence-electron chi connectivity index (χ2n) is 11.8. The zero-order chi connectivity index (χ0) is 23.0. The van der Waals surface area contributed by atoms with Crippen LogP contribution in [0, 0.1) is 29.6 Å². The molecule has 1 aromatic carbocycles. The van der Waals surface area contributed by atoms with Crippen LogP contribution < -0.4 is 0 Å². The van der Waals surface area contributed by atoms with Gasteiger partial charge in [-0.15, -0.1) is 0 Å². The number of ether oxygens (including phenoxy) is 1. The summed E-state index contributed by atoms with van der Waals surface area (Å²) in [5.74, 6) is 4.51. The average Bonchev–Trinajstić information content (AvgIpc) is 2.86. The van der Waals surface area contributed by atoms with E-state index in [0.29, 0.717) is 5.92 Å². The van der Waals surface area contributed by atoms with Crippen molar-refractivity contribution in [3.8, 4) is 0 Å². The van der Waals surface area contributed by atoms with Crippen molar-refractivity contribution in [1.29, 1.82) is 0 Å². The zero-order valence-corrected chi connectivity index (χ0v) is 21.4. The minimum atomic E-state index is 0.131. The van der Waals surface area contributed by atoms with E-state index in [4.69, 9.17) is 4.74 Å². The summed E-state index contributed by atoms with van der Waals surface area (Å²) < 4.78 is 5.99. The lowest BCUT2D eigenvalue weighted by atomic mass is 9.68. The van der Waals surface area contributed by atoms with E-state index in [2.05, 4.69) is 44.2 Å². The Morgan fingerprint density at radius 2 is 1.39 bits per heavy atom. The number of hydrogen-bond acceptors (Lipinski definition) is 2. The maximum absolute atomic E-state index is 12.8. The Bertz CT molecular complexity index is 689. The Kier molecular flexibility index (Phi) is 9.33. The molecule has 4 rings (SSSR count). The van der Waals surface area contributed by atoms with E-state index in [0.717, 1.165) is 49.4 Å². The van der Waals surface area contributed by atoms with Crippen molar-refractivity contribution in [3.63, 3.8) is 0 Å². The molecule has 0 unspecified atom stereocenters. The Balaban J connectivity index is 1.13. The van der Waals surface area contributed by atoms with Gasteiger partial charge in [0.15, 0.2) is 0 Å². The van der Waals surface area contributed by atoms with Gasteiger partial charge in [-0.2, -0.15) is 0 Å². The molecule has 3 saturated carbocycles. The highest BCUT2D eigenvalue weighted by molar-refractivity contribution is 5.72. The van der Waals surface area contributed by atoms with Gasteiger partial charge in [0.25, 0.3) is 0 Å². The number of carbonyl (C=O) groups excluding carboxylic acids is 1. The van der Waals surface area contributed by atoms with E-state index >= 15 is 0 Å². The molecule has 1 aromatic rings. The van der Waals surface area contributed by atoms with Crippen molar-refractivity contribution >= 4 is 5.97 Å². The second kappa shape index (κ2) is 12.4. The molecule has 184 valence electrons. The van der Waals surface area contributed by atoms with Crippen LogP contribution in [0.1, 0.15) is 122 Å². The lowest BCUT2D eigenvalue weighted by Crippen LogP contribution is -2.32. The molecule has 0 aliphatic heterocycles. The molecule has 1 atom stereocenters. The summed E-state index contributed by atoms with van der Waals surface area (Å²) in [6, 6.07) is 11.0. The molecule has 33 heavy (non-hydrogen) atoms. The van der Waals surface area contributed by atoms with Crippen LogP contribution in [-0.2, 0) is 9.53 Å². The van der Waals surface area contributed by atoms with E-state index in [1.54, 1.807) is 0 Å². The molecule has 3 aliphatic carbocycles. The Morgan fingerprint density at radius 3 is 2.00 bits per heavy atom. The fourth-order valence-corrected chi connectivity index (χ4v) is 7.35. The van der Waals surface area contributed by atoms with Gasteiger partial charge in [0.2, 0.25) is 0 Å². The van der Waals surface area contributed by atoms with Gasteiger partial charge in [0, 0.05) is 0 Å². The molecule has 0 spiro atoms. The van der Waals surface area contributed by atoms with Crippen molar-refractivity contribution in [3.05, 3.63) is 35.9 Å². The summed E-state index contributed by atoms with van der Waals surface area (Å²) >= 11 is 0. The quantitative estimate of drug-likeness (QED) is 0.369. The third-order valence-electron chi connectivity index (χ3n) is 9.49. The van der Waals surface area contributed by atoms with E-state index in [-0.39, 0.29) is 18.0 Å². The predicted octanol–water partition coefficient (Wildman–Crippen LogP) is 8.70. The fraction of sp³-hybridized carbons (Fsp3) is 0.774. The van der Waals surface area contributed by atoms with Gasteiger partial charge in [-0.1, -0.05) is 69.9 Å². The standard InChI is InChI=1S/C31H48O2/c1-3-7-24-12-20-30(21-13-24)33-31(32)29-18-16-28(17-19-29)27-14-10-25(11-15-27)22-23(2)26-8-5-4-6-9-26/h4-6,8-9,23-25,27-30H,3,7,10-22H2,1-2H3/t23-,24?,25?,27?,28?,29?,30?/m0/s1. The number of rotatable bonds is 8. The normalized spacial score (nSPS) is 33.9. The maximum Gasteiger partial charge on any atom is 0.309 e. The van der Waals surface area contributed by atoms with Crippen LogP contribution in [0.4, 0.5) is 0 Å². The maximum atomic E-state index is 12.8. The van der Waals surface area contributed by atoms with Crippen LogP contribution in [0.2, 0.25) is 0 Å². The molecule has 0 amide bonds. The molecule has 0 aromatic heterocycles. The van der Waals surface area contributed by atoms with Crippen molar-refractivity contribution in [2.24, 2.45) is 29.6 Å². The molecule has 2 nitrogen and oxygen atoms in total. The van der Waals surface area contributed by atoms with Crippen LogP contribution in [0.5, 0.6) is 0 Å². The van der Waals surface area contributed by atoms with Gasteiger partial charge in [-0.3, -0.25) is 4.79 Å². The Labute approximate surface area is 203 Å². The van der Waals surface area contributed by atoms with Crippen LogP contribution in [0.3, 0.4) is 0 Å². The fourth-order valence-electron chi connectivity index (χ4n) is 7.35. The molecule has 0 saturated heterocycles. The number of esters is 1. The van der Waals surface area contributed by atoms with Crippen molar-refractivity contribution < 1.29 is 9.53 Å². The van der Waals surface area contributed by atoms with Crippen LogP contribution in [-0.4, -0.2) is 12.1 Å². The first kappa shape index (κ1) is 24.8. The summed E-state index contributed by atoms with van der Waals surface area (Å²) in [7, 11) is 0. The van der Waals surface area contributed by atoms with Gasteiger partial charge in [-0.05, 0) is 106 Å². The zero-order valence-electron chi connectivity index (χ0n) is 21.4. The summed E-state index contributed by atoms with van der Waals surface area (Å²) in [6.45, 7) is 4.68. The average molecular weight is 453 g/mol. The largest absolute Gasteiger partial charge is 0.462 e. The van der Waals surface area contributed by atoms with Gasteiger partial charge in [0.05, 0.1) is 5.92 Å². The van der Waals surface area contributed by atoms with Crippen LogP contribution in [0.25, 0.3) is 0 Å². The highest BCUT2D eigenvalue weighted by Crippen LogP contribution is 2.43. The molecule has 0 bridgehead atoms. The van der Waals surface area contributed by atoms with Crippen LogP contribution >= 0.6 is 0 Å². The number of hydrogen-bond donors (Lipinski definition) is 0. The molecule has 0 radical (unpaired) electrons. The highest BCUT2D eigenvalue weighted by Gasteiger charge is 2.35. The smallest absolute Gasteiger partial charge is 0.309 e. The van der Waals surface area contributed by atoms with Gasteiger partial charge < -0.3 is 4.74 Å². The van der Waals surface area contributed by atoms with E-state index in [9.17, 15) is 4.79 Å². The molecular formula is C31H48O2. The summed E-state index contributed by atoms with van der Waals surface area (Å²) in [5, 5.41) is 0. The third-order valence-corrected chi connectivity index (χ3v) is 9.49. The molecule has 3 fully saturated rings. The molecular weight excluding hydrogens is 404 g/mol. The minimum absolute atomic E-state index is 0.131. The van der Waals surface area contributed by atoms with Crippen molar-refractivity contribution in [2.45, 2.75) is 122 Å². The van der Waals surface area contributed by atoms with E-state index in [1.165, 1.54) is 76.2 Å². The van der Waals surface area contributed by atoms with Crippen molar-refractivity contribution in [1.82, 2.24) is 0 Å². The lowest BCUT2D eigenvalue weighted by molar-refractivity contribution is -0.157. The number of carbonyl (C=O) groups is 1. The third kappa shape index (κ3) is 7.09. The summed E-state index contributed by atoms with van der Waals surface area (Å²) in [4.78, 5) is 12.8. The van der Waals surface area contributed by atoms with Crippen LogP contribution in [0.15, 0.2) is 30.3 Å². The van der Waals surface area contributed by atoms with Gasteiger partial charge >= 0.3 is 5.97 Å². The van der Waals surface area contributed by atoms with Gasteiger partial charge in [-0.25, -0.2) is 0 Å². The summed E-state index contributed by atoms with van der Waals surface area (Å²) in [5.41, 5.74) is 1.50. The topological polar surface area (TPSA) is 26.3 Å². The summed E-state index contributed by atoms with van der Waals surface area (Å²) in [6.07, 6.45) is 19.1. The minimum Gasteiger partial charge on any atom is -0.462 e. The SMILES string of the molecule is CCCC1CCC(OC(=O)C2CCC(C3CCC(C[C@H](C)c4ccccc4)CC3)CC2)CC1. The number of benzene rings is 1. The highest BCUT2D eigenvalue weighted by atomic mass is 16.5. The lowest BCUT2D eigenvalue weighted by Gasteiger charge is -2.38. The predicted molar refractivity (Wildman–Crippen MR) is 137 cm³/mol. The van der Waals surface area contributed by atoms with E-state index in [1.807, 2.05) is 0 Å². The first-order valence-electron chi connectivity index (χ1n) is 14.4. The Hall–Kier alpha value is -1.31. The molecule has 2 heteroatoms. The Morgan fingerprint density at radius 1 is 0.818 bits per heavy atom. The monoisotopic (exact) mass is 452 g/mol. The molecule has 0 N–H and O–H groups in total. The first-order valence-corrected chi connectivity index (χ1v) is 14.4.